The molecule has 0 aromatic heterocycles. The van der Waals surface area contributed by atoms with Crippen LogP contribution in [0.4, 0.5) is 4.79 Å². The highest BCUT2D eigenvalue weighted by molar-refractivity contribution is 5.75. The average molecular weight is 272 g/mol. The van der Waals surface area contributed by atoms with Gasteiger partial charge in [0.05, 0.1) is 12.0 Å². The third-order valence-corrected chi connectivity index (χ3v) is 3.72. The molecular formula is C13H24N2O4. The van der Waals surface area contributed by atoms with Crippen molar-refractivity contribution in [2.24, 2.45) is 11.8 Å². The molecule has 3 unspecified atom stereocenters. The van der Waals surface area contributed by atoms with E-state index in [1.54, 1.807) is 21.1 Å². The molecule has 1 aliphatic rings. The molecular weight excluding hydrogens is 248 g/mol. The number of urea groups is 1. The third kappa shape index (κ3) is 4.70. The number of hydrogen-bond donors (Lipinski definition) is 2. The summed E-state index contributed by atoms with van der Waals surface area (Å²) in [5, 5.41) is 11.7. The van der Waals surface area contributed by atoms with Gasteiger partial charge in [-0.15, -0.1) is 0 Å². The van der Waals surface area contributed by atoms with Crippen LogP contribution in [0.1, 0.15) is 26.2 Å². The van der Waals surface area contributed by atoms with E-state index in [1.165, 1.54) is 4.90 Å². The fraction of sp³-hybridized carbons (Fsp3) is 0.846. The number of hydrogen-bond acceptors (Lipinski definition) is 3. The Kier molecular flexibility index (Phi) is 6.08. The number of carboxylic acids is 1. The van der Waals surface area contributed by atoms with Crippen molar-refractivity contribution in [3.05, 3.63) is 0 Å². The quantitative estimate of drug-likeness (QED) is 0.760. The first-order valence-electron chi connectivity index (χ1n) is 6.70. The fourth-order valence-corrected chi connectivity index (χ4v) is 2.47. The van der Waals surface area contributed by atoms with Gasteiger partial charge >= 0.3 is 12.0 Å². The number of aliphatic carboxylic acids is 1. The lowest BCUT2D eigenvalue weighted by Gasteiger charge is -2.23. The first-order chi connectivity index (χ1) is 8.95. The summed E-state index contributed by atoms with van der Waals surface area (Å²) in [6, 6.07) is -0.227. The molecule has 110 valence electrons. The minimum Gasteiger partial charge on any atom is -0.481 e. The molecule has 2 N–H and O–H groups in total. The van der Waals surface area contributed by atoms with Crippen molar-refractivity contribution >= 4 is 12.0 Å². The van der Waals surface area contributed by atoms with Crippen LogP contribution in [0.25, 0.3) is 0 Å². The highest BCUT2D eigenvalue weighted by Gasteiger charge is 2.27. The highest BCUT2D eigenvalue weighted by Crippen LogP contribution is 2.27. The largest absolute Gasteiger partial charge is 0.481 e. The van der Waals surface area contributed by atoms with Gasteiger partial charge in [0.25, 0.3) is 0 Å². The zero-order valence-electron chi connectivity index (χ0n) is 11.9. The molecule has 0 spiro atoms. The maximum atomic E-state index is 11.8. The molecule has 1 fully saturated rings. The average Bonchev–Trinajstić information content (AvgIpc) is 2.82. The monoisotopic (exact) mass is 272 g/mol. The van der Waals surface area contributed by atoms with Crippen LogP contribution >= 0.6 is 0 Å². The predicted molar refractivity (Wildman–Crippen MR) is 71.0 cm³/mol. The summed E-state index contributed by atoms with van der Waals surface area (Å²) in [5.41, 5.74) is 0. The van der Waals surface area contributed by atoms with Gasteiger partial charge in [0.1, 0.15) is 0 Å². The first-order valence-corrected chi connectivity index (χ1v) is 6.70. The Morgan fingerprint density at radius 3 is 2.74 bits per heavy atom. The van der Waals surface area contributed by atoms with E-state index in [0.29, 0.717) is 12.5 Å². The van der Waals surface area contributed by atoms with Crippen LogP contribution in [0.2, 0.25) is 0 Å². The van der Waals surface area contributed by atoms with E-state index in [1.807, 2.05) is 0 Å². The summed E-state index contributed by atoms with van der Waals surface area (Å²) in [4.78, 5) is 24.0. The summed E-state index contributed by atoms with van der Waals surface area (Å²) in [5.74, 6) is -1.09. The third-order valence-electron chi connectivity index (χ3n) is 3.72. The minimum absolute atomic E-state index is 0.208. The van der Waals surface area contributed by atoms with Gasteiger partial charge in [0, 0.05) is 33.2 Å². The molecule has 0 aromatic rings. The second kappa shape index (κ2) is 7.33. The second-order valence-electron chi connectivity index (χ2n) is 5.27. The molecule has 0 bridgehead atoms. The second-order valence-corrected chi connectivity index (χ2v) is 5.27. The number of amides is 2. The molecule has 2 amide bonds. The van der Waals surface area contributed by atoms with Gasteiger partial charge in [-0.3, -0.25) is 4.79 Å². The normalized spacial score (nSPS) is 23.9. The van der Waals surface area contributed by atoms with E-state index < -0.39 is 11.9 Å². The smallest absolute Gasteiger partial charge is 0.317 e. The van der Waals surface area contributed by atoms with E-state index in [4.69, 9.17) is 9.84 Å². The van der Waals surface area contributed by atoms with Gasteiger partial charge in [0.15, 0.2) is 0 Å². The molecule has 0 heterocycles. The number of rotatable bonds is 6. The molecule has 0 saturated heterocycles. The van der Waals surface area contributed by atoms with Gasteiger partial charge in [0.2, 0.25) is 0 Å². The van der Waals surface area contributed by atoms with Crippen LogP contribution in [0.5, 0.6) is 0 Å². The summed E-state index contributed by atoms with van der Waals surface area (Å²) in [7, 11) is 3.31. The number of methoxy groups -OCH3 is 1. The predicted octanol–water partition coefficient (Wildman–Crippen LogP) is 1.16. The van der Waals surface area contributed by atoms with E-state index in [9.17, 15) is 9.59 Å². The Hall–Kier alpha value is -1.30. The van der Waals surface area contributed by atoms with Crippen LogP contribution < -0.4 is 5.32 Å². The molecule has 0 radical (unpaired) electrons. The lowest BCUT2D eigenvalue weighted by molar-refractivity contribution is -0.141. The number of ether oxygens (including phenoxy) is 1. The van der Waals surface area contributed by atoms with Crippen molar-refractivity contribution in [1.82, 2.24) is 10.2 Å². The van der Waals surface area contributed by atoms with Gasteiger partial charge < -0.3 is 20.1 Å². The Morgan fingerprint density at radius 2 is 2.16 bits per heavy atom. The maximum absolute atomic E-state index is 11.8. The van der Waals surface area contributed by atoms with Crippen LogP contribution in [0, 0.1) is 11.8 Å². The minimum atomic E-state index is -0.894. The first kappa shape index (κ1) is 15.8. The molecule has 1 saturated carbocycles. The number of nitrogens with zero attached hydrogens (tertiary/aromatic N) is 1. The molecule has 6 heteroatoms. The Balaban J connectivity index is 2.32. The van der Waals surface area contributed by atoms with Gasteiger partial charge in [-0.2, -0.15) is 0 Å². The molecule has 3 atom stereocenters. The summed E-state index contributed by atoms with van der Waals surface area (Å²) in [6.07, 6.45) is 3.46. The highest BCUT2D eigenvalue weighted by atomic mass is 16.5. The number of carbonyl (C=O) groups excluding carboxylic acids is 1. The van der Waals surface area contributed by atoms with Crippen LogP contribution in [0.3, 0.4) is 0 Å². The number of carbonyl (C=O) groups is 2. The topological polar surface area (TPSA) is 78.9 Å². The molecule has 1 aliphatic carbocycles. The molecule has 6 nitrogen and oxygen atoms in total. The lowest BCUT2D eigenvalue weighted by Crippen LogP contribution is -2.43. The molecule has 0 aliphatic heterocycles. The summed E-state index contributed by atoms with van der Waals surface area (Å²) in [6.45, 7) is 2.38. The summed E-state index contributed by atoms with van der Waals surface area (Å²) >= 11 is 0. The number of carboxylic acid groups (broad SMARTS) is 1. The zero-order valence-corrected chi connectivity index (χ0v) is 11.9. The molecule has 0 aromatic carbocycles. The van der Waals surface area contributed by atoms with E-state index in [-0.39, 0.29) is 18.7 Å². The Labute approximate surface area is 114 Å². The summed E-state index contributed by atoms with van der Waals surface area (Å²) < 4.78 is 5.37. The molecule has 19 heavy (non-hydrogen) atoms. The van der Waals surface area contributed by atoms with E-state index in [2.05, 4.69) is 5.32 Å². The fourth-order valence-electron chi connectivity index (χ4n) is 2.47. The number of nitrogens with one attached hydrogen (secondary N) is 1. The van der Waals surface area contributed by atoms with Crippen LogP contribution in [0.15, 0.2) is 0 Å². The van der Waals surface area contributed by atoms with Crippen LogP contribution in [-0.2, 0) is 9.53 Å². The van der Waals surface area contributed by atoms with Crippen molar-refractivity contribution in [2.45, 2.75) is 32.3 Å². The van der Waals surface area contributed by atoms with Gasteiger partial charge in [-0.1, -0.05) is 13.3 Å². The van der Waals surface area contributed by atoms with Crippen molar-refractivity contribution in [2.75, 3.05) is 27.2 Å². The SMILES string of the molecule is COC1CCCC1CNC(=O)N(C)CC(C)C(=O)O. The standard InChI is InChI=1S/C13H24N2O4/c1-9(12(16)17)8-15(2)13(18)14-7-10-5-4-6-11(10)19-3/h9-11H,4-8H2,1-3H3,(H,14,18)(H,16,17). The van der Waals surface area contributed by atoms with Crippen molar-refractivity contribution in [3.8, 4) is 0 Å². The van der Waals surface area contributed by atoms with Crippen molar-refractivity contribution < 1.29 is 19.4 Å². The van der Waals surface area contributed by atoms with Crippen molar-refractivity contribution in [3.63, 3.8) is 0 Å². The van der Waals surface area contributed by atoms with E-state index in [0.717, 1.165) is 19.3 Å². The maximum Gasteiger partial charge on any atom is 0.317 e. The van der Waals surface area contributed by atoms with Gasteiger partial charge in [-0.25, -0.2) is 4.79 Å². The van der Waals surface area contributed by atoms with E-state index >= 15 is 0 Å². The molecule has 1 rings (SSSR count). The zero-order chi connectivity index (χ0) is 14.4. The Morgan fingerprint density at radius 1 is 1.47 bits per heavy atom. The van der Waals surface area contributed by atoms with Gasteiger partial charge in [-0.05, 0) is 12.8 Å². The Bertz CT molecular complexity index is 322. The van der Waals surface area contributed by atoms with Crippen molar-refractivity contribution in [1.29, 1.82) is 0 Å². The van der Waals surface area contributed by atoms with Crippen LogP contribution in [-0.4, -0.2) is 55.4 Å². The lowest BCUT2D eigenvalue weighted by atomic mass is 10.1.